The zero-order chi connectivity index (χ0) is 14.6. The van der Waals surface area contributed by atoms with Crippen molar-refractivity contribution < 1.29 is 9.90 Å². The number of fused-ring (bicyclic) bond motifs is 1. The van der Waals surface area contributed by atoms with Crippen LogP contribution in [0.25, 0.3) is 10.9 Å². The van der Waals surface area contributed by atoms with E-state index in [1.54, 1.807) is 19.2 Å². The number of hydrogen-bond acceptors (Lipinski definition) is 3. The molecule has 0 fully saturated rings. The summed E-state index contributed by atoms with van der Waals surface area (Å²) in [5.74, 6) is -0.181. The SMILES string of the molecule is CCCC(C)(O)CNC(=O)c1cccc2ncccc12. The number of pyridine rings is 1. The molecule has 20 heavy (non-hydrogen) atoms. The van der Waals surface area contributed by atoms with Gasteiger partial charge in [-0.1, -0.05) is 25.5 Å². The fourth-order valence-corrected chi connectivity index (χ4v) is 2.29. The van der Waals surface area contributed by atoms with Crippen LogP contribution in [0.15, 0.2) is 36.5 Å². The molecule has 1 unspecified atom stereocenters. The molecule has 2 rings (SSSR count). The molecule has 2 N–H and O–H groups in total. The van der Waals surface area contributed by atoms with E-state index in [1.807, 2.05) is 31.2 Å². The van der Waals surface area contributed by atoms with Crippen molar-refractivity contribution in [3.63, 3.8) is 0 Å². The number of aliphatic hydroxyl groups is 1. The summed E-state index contributed by atoms with van der Waals surface area (Å²) >= 11 is 0. The number of amides is 1. The Hall–Kier alpha value is -1.94. The summed E-state index contributed by atoms with van der Waals surface area (Å²) in [5.41, 5.74) is 0.510. The second-order valence-electron chi connectivity index (χ2n) is 5.31. The van der Waals surface area contributed by atoms with Crippen LogP contribution in [0.3, 0.4) is 0 Å². The molecule has 0 aliphatic heterocycles. The van der Waals surface area contributed by atoms with E-state index in [1.165, 1.54) is 0 Å². The molecular formula is C16H20N2O2. The van der Waals surface area contributed by atoms with Crippen LogP contribution in [0, 0.1) is 0 Å². The van der Waals surface area contributed by atoms with E-state index in [-0.39, 0.29) is 12.5 Å². The molecule has 1 aromatic carbocycles. The Bertz CT molecular complexity index is 603. The van der Waals surface area contributed by atoms with Crippen LogP contribution >= 0.6 is 0 Å². The first-order chi connectivity index (χ1) is 9.53. The fraction of sp³-hybridized carbons (Fsp3) is 0.375. The molecule has 4 nitrogen and oxygen atoms in total. The van der Waals surface area contributed by atoms with Crippen LogP contribution in [-0.2, 0) is 0 Å². The summed E-state index contributed by atoms with van der Waals surface area (Å²) in [6.45, 7) is 3.99. The number of rotatable bonds is 5. The normalized spacial score (nSPS) is 13.9. The van der Waals surface area contributed by atoms with Gasteiger partial charge in [0.15, 0.2) is 0 Å². The molecule has 0 spiro atoms. The van der Waals surface area contributed by atoms with Crippen molar-refractivity contribution >= 4 is 16.8 Å². The lowest BCUT2D eigenvalue weighted by atomic mass is 10.0. The second-order valence-corrected chi connectivity index (χ2v) is 5.31. The van der Waals surface area contributed by atoms with Gasteiger partial charge in [-0.2, -0.15) is 0 Å². The number of aromatic nitrogens is 1. The van der Waals surface area contributed by atoms with E-state index in [9.17, 15) is 9.90 Å². The summed E-state index contributed by atoms with van der Waals surface area (Å²) in [5, 5.41) is 13.7. The largest absolute Gasteiger partial charge is 0.388 e. The summed E-state index contributed by atoms with van der Waals surface area (Å²) in [7, 11) is 0. The van der Waals surface area contributed by atoms with Crippen LogP contribution < -0.4 is 5.32 Å². The summed E-state index contributed by atoms with van der Waals surface area (Å²) in [6.07, 6.45) is 3.24. The lowest BCUT2D eigenvalue weighted by Gasteiger charge is -2.23. The first-order valence-corrected chi connectivity index (χ1v) is 6.88. The molecule has 1 heterocycles. The molecule has 1 atom stereocenters. The van der Waals surface area contributed by atoms with E-state index in [4.69, 9.17) is 0 Å². The topological polar surface area (TPSA) is 62.2 Å². The first kappa shape index (κ1) is 14.5. The minimum Gasteiger partial charge on any atom is -0.388 e. The molecule has 0 radical (unpaired) electrons. The maximum Gasteiger partial charge on any atom is 0.252 e. The highest BCUT2D eigenvalue weighted by molar-refractivity contribution is 6.06. The highest BCUT2D eigenvalue weighted by Crippen LogP contribution is 2.17. The monoisotopic (exact) mass is 272 g/mol. The van der Waals surface area contributed by atoms with Crippen LogP contribution in [0.4, 0.5) is 0 Å². The molecule has 2 aromatic rings. The highest BCUT2D eigenvalue weighted by Gasteiger charge is 2.20. The van der Waals surface area contributed by atoms with Crippen molar-refractivity contribution in [3.8, 4) is 0 Å². The van der Waals surface area contributed by atoms with Crippen molar-refractivity contribution in [1.29, 1.82) is 0 Å². The third-order valence-electron chi connectivity index (χ3n) is 3.31. The highest BCUT2D eigenvalue weighted by atomic mass is 16.3. The van der Waals surface area contributed by atoms with Crippen LogP contribution in [0.1, 0.15) is 37.0 Å². The Balaban J connectivity index is 2.16. The van der Waals surface area contributed by atoms with Gasteiger partial charge in [-0.3, -0.25) is 9.78 Å². The molecule has 1 aromatic heterocycles. The molecule has 106 valence electrons. The quantitative estimate of drug-likeness (QED) is 0.879. The van der Waals surface area contributed by atoms with Crippen molar-refractivity contribution in [2.24, 2.45) is 0 Å². The Morgan fingerprint density at radius 1 is 1.35 bits per heavy atom. The predicted octanol–water partition coefficient (Wildman–Crippen LogP) is 2.52. The number of nitrogens with zero attached hydrogens (tertiary/aromatic N) is 1. The van der Waals surface area contributed by atoms with Gasteiger partial charge in [-0.05, 0) is 31.5 Å². The lowest BCUT2D eigenvalue weighted by molar-refractivity contribution is 0.0470. The van der Waals surface area contributed by atoms with Gasteiger partial charge in [-0.25, -0.2) is 0 Å². The third kappa shape index (κ3) is 3.33. The fourth-order valence-electron chi connectivity index (χ4n) is 2.29. The number of benzene rings is 1. The summed E-state index contributed by atoms with van der Waals surface area (Å²) in [4.78, 5) is 16.5. The maximum absolute atomic E-state index is 12.3. The summed E-state index contributed by atoms with van der Waals surface area (Å²) < 4.78 is 0. The molecule has 0 saturated heterocycles. The Kier molecular flexibility index (Phi) is 4.35. The van der Waals surface area contributed by atoms with Gasteiger partial charge in [0.1, 0.15) is 0 Å². The summed E-state index contributed by atoms with van der Waals surface area (Å²) in [6, 6.07) is 9.15. The second kappa shape index (κ2) is 6.01. The van der Waals surface area contributed by atoms with Crippen molar-refractivity contribution in [2.45, 2.75) is 32.3 Å². The zero-order valence-electron chi connectivity index (χ0n) is 11.9. The van der Waals surface area contributed by atoms with Gasteiger partial charge in [0.05, 0.1) is 11.1 Å². The van der Waals surface area contributed by atoms with E-state index in [0.717, 1.165) is 17.3 Å². The molecule has 1 amide bonds. The molecule has 4 heteroatoms. The van der Waals surface area contributed by atoms with Crippen molar-refractivity contribution in [1.82, 2.24) is 10.3 Å². The van der Waals surface area contributed by atoms with Crippen LogP contribution in [0.5, 0.6) is 0 Å². The standard InChI is InChI=1S/C16H20N2O2/c1-3-9-16(2,20)11-18-15(19)13-6-4-8-14-12(13)7-5-10-17-14/h4-8,10,20H,3,9,11H2,1-2H3,(H,18,19). The van der Waals surface area contributed by atoms with E-state index >= 15 is 0 Å². The van der Waals surface area contributed by atoms with E-state index in [0.29, 0.717) is 12.0 Å². The first-order valence-electron chi connectivity index (χ1n) is 6.88. The Morgan fingerprint density at radius 2 is 2.15 bits per heavy atom. The Morgan fingerprint density at radius 3 is 2.90 bits per heavy atom. The minimum atomic E-state index is -0.868. The minimum absolute atomic E-state index is 0.181. The molecular weight excluding hydrogens is 252 g/mol. The smallest absolute Gasteiger partial charge is 0.252 e. The van der Waals surface area contributed by atoms with Gasteiger partial charge in [0.25, 0.3) is 5.91 Å². The van der Waals surface area contributed by atoms with Gasteiger partial charge in [0, 0.05) is 23.7 Å². The van der Waals surface area contributed by atoms with Crippen LogP contribution in [-0.4, -0.2) is 28.1 Å². The van der Waals surface area contributed by atoms with Gasteiger partial charge in [0.2, 0.25) is 0 Å². The van der Waals surface area contributed by atoms with Crippen LogP contribution in [0.2, 0.25) is 0 Å². The van der Waals surface area contributed by atoms with Gasteiger partial charge < -0.3 is 10.4 Å². The predicted molar refractivity (Wildman–Crippen MR) is 79.6 cm³/mol. The maximum atomic E-state index is 12.3. The number of hydrogen-bond donors (Lipinski definition) is 2. The lowest BCUT2D eigenvalue weighted by Crippen LogP contribution is -2.40. The van der Waals surface area contributed by atoms with Gasteiger partial charge >= 0.3 is 0 Å². The van der Waals surface area contributed by atoms with Crippen molar-refractivity contribution in [2.75, 3.05) is 6.54 Å². The van der Waals surface area contributed by atoms with E-state index in [2.05, 4.69) is 10.3 Å². The molecule has 0 aliphatic rings. The average molecular weight is 272 g/mol. The van der Waals surface area contributed by atoms with Gasteiger partial charge in [-0.15, -0.1) is 0 Å². The number of nitrogens with one attached hydrogen (secondary N) is 1. The zero-order valence-corrected chi connectivity index (χ0v) is 11.9. The number of carbonyl (C=O) groups is 1. The Labute approximate surface area is 118 Å². The molecule has 0 bridgehead atoms. The number of carbonyl (C=O) groups excluding carboxylic acids is 1. The van der Waals surface area contributed by atoms with E-state index < -0.39 is 5.60 Å². The molecule has 0 saturated carbocycles. The average Bonchev–Trinajstić information content (AvgIpc) is 2.44. The molecule has 0 aliphatic carbocycles. The van der Waals surface area contributed by atoms with Crippen molar-refractivity contribution in [3.05, 3.63) is 42.1 Å². The third-order valence-corrected chi connectivity index (χ3v) is 3.31.